The van der Waals surface area contributed by atoms with Crippen LogP contribution in [-0.2, 0) is 20.8 Å². The van der Waals surface area contributed by atoms with E-state index in [1.54, 1.807) is 19.1 Å². The number of carbonyl (C=O) groups excluding carboxylic acids is 2. The highest BCUT2D eigenvalue weighted by atomic mass is 32.2. The Hall–Kier alpha value is -2.50. The number of hydrogen-bond acceptors (Lipinski definition) is 8. The average molecular weight is 411 g/mol. The standard InChI is InChI=1S/C17H25N5O5S/c1-17(22-9-7-19-8-10-22,15(23)21(3)16(24)18-2)12-5-6-14(27-4)13(11-12)20-28(25)26/h5-6,11,19H,7-10H2,1-4H3,(H,18,24). The van der Waals surface area contributed by atoms with Gasteiger partial charge in [0.05, 0.1) is 7.11 Å². The van der Waals surface area contributed by atoms with Gasteiger partial charge in [-0.3, -0.25) is 14.6 Å². The molecule has 0 bridgehead atoms. The Morgan fingerprint density at radius 1 is 1.32 bits per heavy atom. The van der Waals surface area contributed by atoms with E-state index in [0.717, 1.165) is 4.90 Å². The zero-order valence-corrected chi connectivity index (χ0v) is 17.2. The van der Waals surface area contributed by atoms with E-state index < -0.39 is 28.0 Å². The number of benzene rings is 1. The van der Waals surface area contributed by atoms with Crippen LogP contribution in [0.4, 0.5) is 10.5 Å². The van der Waals surface area contributed by atoms with Crippen molar-refractivity contribution in [3.63, 3.8) is 0 Å². The van der Waals surface area contributed by atoms with Gasteiger partial charge >= 0.3 is 16.5 Å². The summed E-state index contributed by atoms with van der Waals surface area (Å²) in [5.74, 6) is -0.171. The monoisotopic (exact) mass is 411 g/mol. The molecule has 2 N–H and O–H groups in total. The molecule has 0 aliphatic carbocycles. The molecular weight excluding hydrogens is 386 g/mol. The van der Waals surface area contributed by atoms with Crippen LogP contribution in [-0.4, -0.2) is 77.5 Å². The summed E-state index contributed by atoms with van der Waals surface area (Å²) in [4.78, 5) is 28.4. The SMILES string of the molecule is CNC(=O)N(C)C(=O)C(C)(c1ccc(OC)c(N=S(=O)=O)c1)N1CCNCC1. The molecule has 0 spiro atoms. The van der Waals surface area contributed by atoms with Crippen LogP contribution in [0.25, 0.3) is 0 Å². The van der Waals surface area contributed by atoms with Crippen molar-refractivity contribution in [2.45, 2.75) is 12.5 Å². The zero-order valence-electron chi connectivity index (χ0n) is 16.4. The predicted octanol–water partition coefficient (Wildman–Crippen LogP) is 0.308. The molecule has 1 aromatic carbocycles. The van der Waals surface area contributed by atoms with E-state index in [0.29, 0.717) is 31.7 Å². The summed E-state index contributed by atoms with van der Waals surface area (Å²) in [5, 5.41) is 5.67. The molecule has 1 fully saturated rings. The quantitative estimate of drug-likeness (QED) is 0.715. The lowest BCUT2D eigenvalue weighted by Gasteiger charge is -2.44. The summed E-state index contributed by atoms with van der Waals surface area (Å²) >= 11 is 0. The van der Waals surface area contributed by atoms with Gasteiger partial charge in [-0.15, -0.1) is 4.36 Å². The highest BCUT2D eigenvalue weighted by molar-refractivity contribution is 7.61. The number of nitrogens with zero attached hydrogens (tertiary/aromatic N) is 3. The lowest BCUT2D eigenvalue weighted by atomic mass is 9.87. The highest BCUT2D eigenvalue weighted by Crippen LogP contribution is 2.37. The molecule has 1 atom stereocenters. The molecule has 0 radical (unpaired) electrons. The Morgan fingerprint density at radius 2 is 1.96 bits per heavy atom. The normalized spacial score (nSPS) is 16.6. The van der Waals surface area contributed by atoms with E-state index in [2.05, 4.69) is 15.0 Å². The average Bonchev–Trinajstić information content (AvgIpc) is 2.71. The number of carbonyl (C=O) groups is 2. The predicted molar refractivity (Wildman–Crippen MR) is 103 cm³/mol. The Balaban J connectivity index is 2.63. The number of amides is 3. The van der Waals surface area contributed by atoms with Crippen LogP contribution in [0.15, 0.2) is 22.6 Å². The number of piperazine rings is 1. The number of rotatable bonds is 5. The second-order valence-corrected chi connectivity index (χ2v) is 7.04. The largest absolute Gasteiger partial charge is 0.494 e. The van der Waals surface area contributed by atoms with Crippen molar-refractivity contribution < 1.29 is 22.7 Å². The fourth-order valence-corrected chi connectivity index (χ4v) is 3.59. The fraction of sp³-hybridized carbons (Fsp3) is 0.529. The number of methoxy groups -OCH3 is 1. The third kappa shape index (κ3) is 4.32. The van der Waals surface area contributed by atoms with Crippen LogP contribution < -0.4 is 15.4 Å². The van der Waals surface area contributed by atoms with Gasteiger partial charge in [0.2, 0.25) is 0 Å². The first-order valence-corrected chi connectivity index (χ1v) is 9.74. The van der Waals surface area contributed by atoms with Gasteiger partial charge in [-0.05, 0) is 24.6 Å². The summed E-state index contributed by atoms with van der Waals surface area (Å²) in [6.07, 6.45) is 0. The van der Waals surface area contributed by atoms with Gasteiger partial charge in [0.25, 0.3) is 5.91 Å². The minimum absolute atomic E-state index is 0.0880. The van der Waals surface area contributed by atoms with Crippen molar-refractivity contribution in [1.82, 2.24) is 20.4 Å². The van der Waals surface area contributed by atoms with Crippen molar-refractivity contribution in [2.24, 2.45) is 4.36 Å². The summed E-state index contributed by atoms with van der Waals surface area (Å²) in [5.41, 5.74) is -0.602. The molecule has 1 saturated heterocycles. The molecule has 1 aromatic rings. The molecule has 11 heteroatoms. The van der Waals surface area contributed by atoms with Gasteiger partial charge in [-0.2, -0.15) is 8.42 Å². The molecule has 10 nitrogen and oxygen atoms in total. The second-order valence-electron chi connectivity index (χ2n) is 6.42. The molecule has 1 unspecified atom stereocenters. The maximum atomic E-state index is 13.4. The molecule has 1 aliphatic heterocycles. The second kappa shape index (κ2) is 9.13. The van der Waals surface area contributed by atoms with E-state index in [4.69, 9.17) is 4.74 Å². The Kier molecular flexibility index (Phi) is 7.11. The van der Waals surface area contributed by atoms with Crippen molar-refractivity contribution in [3.05, 3.63) is 23.8 Å². The first-order chi connectivity index (χ1) is 13.2. The van der Waals surface area contributed by atoms with E-state index in [-0.39, 0.29) is 11.4 Å². The topological polar surface area (TPSA) is 120 Å². The fourth-order valence-electron chi connectivity index (χ4n) is 3.28. The third-order valence-corrected chi connectivity index (χ3v) is 5.25. The smallest absolute Gasteiger partial charge is 0.323 e. The van der Waals surface area contributed by atoms with Gasteiger partial charge < -0.3 is 15.4 Å². The van der Waals surface area contributed by atoms with Crippen LogP contribution in [0, 0.1) is 0 Å². The molecule has 2 rings (SSSR count). The maximum Gasteiger partial charge on any atom is 0.323 e. The van der Waals surface area contributed by atoms with Crippen molar-refractivity contribution in [1.29, 1.82) is 0 Å². The molecule has 0 aromatic heterocycles. The molecule has 1 aliphatic rings. The molecule has 28 heavy (non-hydrogen) atoms. The van der Waals surface area contributed by atoms with Crippen molar-refractivity contribution in [3.8, 4) is 5.75 Å². The number of likely N-dealkylation sites (N-methyl/N-ethyl adjacent to an activating group) is 1. The highest BCUT2D eigenvalue weighted by Gasteiger charge is 2.44. The molecule has 1 heterocycles. The zero-order chi connectivity index (χ0) is 20.9. The van der Waals surface area contributed by atoms with Crippen LogP contribution in [0.1, 0.15) is 12.5 Å². The van der Waals surface area contributed by atoms with Gasteiger partial charge in [-0.1, -0.05) is 6.07 Å². The molecular formula is C17H25N5O5S. The summed E-state index contributed by atoms with van der Waals surface area (Å²) in [7, 11) is 1.57. The minimum atomic E-state index is -2.68. The first-order valence-electron chi connectivity index (χ1n) is 8.71. The van der Waals surface area contributed by atoms with Crippen LogP contribution in [0.5, 0.6) is 5.75 Å². The summed E-state index contributed by atoms with van der Waals surface area (Å²) in [6, 6.07) is 4.22. The third-order valence-electron chi connectivity index (χ3n) is 4.90. The maximum absolute atomic E-state index is 13.4. The Morgan fingerprint density at radius 3 is 2.50 bits per heavy atom. The van der Waals surface area contributed by atoms with Crippen LogP contribution in [0.2, 0.25) is 0 Å². The van der Waals surface area contributed by atoms with Crippen LogP contribution in [0.3, 0.4) is 0 Å². The van der Waals surface area contributed by atoms with E-state index in [1.165, 1.54) is 27.3 Å². The van der Waals surface area contributed by atoms with Gasteiger partial charge in [-0.25, -0.2) is 4.79 Å². The number of hydrogen-bond donors (Lipinski definition) is 2. The lowest BCUT2D eigenvalue weighted by Crippen LogP contribution is -2.61. The molecule has 154 valence electrons. The number of ether oxygens (including phenoxy) is 1. The minimum Gasteiger partial charge on any atom is -0.494 e. The number of imide groups is 1. The molecule has 3 amide bonds. The summed E-state index contributed by atoms with van der Waals surface area (Å²) in [6.45, 7) is 4.25. The summed E-state index contributed by atoms with van der Waals surface area (Å²) < 4.78 is 30.9. The van der Waals surface area contributed by atoms with E-state index in [1.807, 2.05) is 4.90 Å². The Bertz CT molecular complexity index is 874. The van der Waals surface area contributed by atoms with Crippen LogP contribution >= 0.6 is 0 Å². The van der Waals surface area contributed by atoms with Gasteiger partial charge in [0.1, 0.15) is 17.0 Å². The van der Waals surface area contributed by atoms with Gasteiger partial charge in [0, 0.05) is 40.3 Å². The van der Waals surface area contributed by atoms with Crippen molar-refractivity contribution >= 4 is 28.1 Å². The van der Waals surface area contributed by atoms with Crippen molar-refractivity contribution in [2.75, 3.05) is 47.4 Å². The van der Waals surface area contributed by atoms with E-state index in [9.17, 15) is 18.0 Å². The Labute approximate surface area is 165 Å². The first kappa shape index (κ1) is 21.8. The van der Waals surface area contributed by atoms with Gasteiger partial charge in [0.15, 0.2) is 0 Å². The number of urea groups is 1. The molecule has 0 saturated carbocycles. The lowest BCUT2D eigenvalue weighted by molar-refractivity contribution is -0.140. The number of nitrogens with one attached hydrogen (secondary N) is 2. The van der Waals surface area contributed by atoms with E-state index >= 15 is 0 Å².